The van der Waals surface area contributed by atoms with E-state index in [0.29, 0.717) is 41.5 Å². The van der Waals surface area contributed by atoms with Gasteiger partial charge in [0, 0.05) is 36.9 Å². The third-order valence-corrected chi connectivity index (χ3v) is 5.12. The Morgan fingerprint density at radius 2 is 2.00 bits per heavy atom. The van der Waals surface area contributed by atoms with Gasteiger partial charge < -0.3 is 24.8 Å². The highest BCUT2D eigenvalue weighted by Crippen LogP contribution is 2.34. The van der Waals surface area contributed by atoms with Gasteiger partial charge in [0.1, 0.15) is 6.61 Å². The summed E-state index contributed by atoms with van der Waals surface area (Å²) in [6, 6.07) is 14.7. The molecular formula is C23H25N5O6P+. The lowest BCUT2D eigenvalue weighted by atomic mass is 10.1. The van der Waals surface area contributed by atoms with Gasteiger partial charge in [0.25, 0.3) is 0 Å². The van der Waals surface area contributed by atoms with Crippen LogP contribution in [0, 0.1) is 11.3 Å². The molecule has 1 aromatic carbocycles. The van der Waals surface area contributed by atoms with Crippen LogP contribution in [0.25, 0.3) is 5.57 Å². The number of nitrogens with two attached hydrogens (primary N) is 2. The van der Waals surface area contributed by atoms with Crippen molar-refractivity contribution >= 4 is 13.4 Å². The van der Waals surface area contributed by atoms with Gasteiger partial charge in [-0.25, -0.2) is 14.1 Å². The molecule has 35 heavy (non-hydrogen) atoms. The largest absolute Gasteiger partial charge is 0.474 e. The molecule has 0 radical (unpaired) electrons. The number of hydrogen-bond acceptors (Lipinski definition) is 8. The van der Waals surface area contributed by atoms with Crippen LogP contribution in [0.15, 0.2) is 71.5 Å². The number of phosphoric acid groups is 1. The molecule has 182 valence electrons. The molecule has 0 saturated heterocycles. The number of rotatable bonds is 12. The number of nitrogens with zero attached hydrogens (tertiary/aromatic N) is 3. The van der Waals surface area contributed by atoms with Gasteiger partial charge in [0.2, 0.25) is 5.88 Å². The van der Waals surface area contributed by atoms with Crippen LogP contribution in [-0.4, -0.2) is 33.2 Å². The van der Waals surface area contributed by atoms with E-state index in [9.17, 15) is 4.57 Å². The first-order chi connectivity index (χ1) is 16.9. The van der Waals surface area contributed by atoms with Crippen LogP contribution in [-0.2, 0) is 22.1 Å². The second kappa shape index (κ2) is 12.7. The highest BCUT2D eigenvalue weighted by molar-refractivity contribution is 7.46. The maximum atomic E-state index is 10.6. The second-order valence-corrected chi connectivity index (χ2v) is 8.50. The van der Waals surface area contributed by atoms with Crippen LogP contribution in [0.5, 0.6) is 5.88 Å². The summed E-state index contributed by atoms with van der Waals surface area (Å²) in [5.41, 5.74) is 9.67. The van der Waals surface area contributed by atoms with Gasteiger partial charge >= 0.3 is 7.82 Å². The molecule has 0 atom stereocenters. The lowest BCUT2D eigenvalue weighted by Crippen LogP contribution is -2.78. The molecule has 0 fully saturated rings. The Bertz CT molecular complexity index is 1240. The molecule has 2 heterocycles. The monoisotopic (exact) mass is 498 g/mol. The molecule has 0 bridgehead atoms. The van der Waals surface area contributed by atoms with E-state index in [4.69, 9.17) is 30.0 Å². The fourth-order valence-electron chi connectivity index (χ4n) is 2.89. The van der Waals surface area contributed by atoms with Crippen LogP contribution in [0.1, 0.15) is 28.1 Å². The lowest BCUT2D eigenvalue weighted by molar-refractivity contribution is -0.617. The van der Waals surface area contributed by atoms with E-state index < -0.39 is 7.82 Å². The normalized spacial score (nSPS) is 12.1. The fraction of sp³-hybridized carbons (Fsp3) is 0.174. The Balaban J connectivity index is 1.51. The topological polar surface area (TPSA) is 181 Å². The number of quaternary nitrogens is 1. The van der Waals surface area contributed by atoms with Crippen molar-refractivity contribution in [3.05, 3.63) is 95.2 Å². The summed E-state index contributed by atoms with van der Waals surface area (Å²) in [5, 5.41) is 14.4. The van der Waals surface area contributed by atoms with Crippen molar-refractivity contribution in [1.29, 1.82) is 5.26 Å². The fourth-order valence-corrected chi connectivity index (χ4v) is 3.17. The molecule has 0 aliphatic rings. The molecule has 12 heteroatoms. The highest BCUT2D eigenvalue weighted by atomic mass is 31.2. The summed E-state index contributed by atoms with van der Waals surface area (Å²) in [7, 11) is -4.48. The molecule has 0 aliphatic heterocycles. The summed E-state index contributed by atoms with van der Waals surface area (Å²) < 4.78 is 26.0. The molecule has 2 aromatic heterocycles. The number of nitriles is 1. The molecule has 0 unspecified atom stereocenters. The van der Waals surface area contributed by atoms with Gasteiger partial charge in [-0.05, 0) is 35.4 Å². The van der Waals surface area contributed by atoms with E-state index in [1.807, 2.05) is 18.2 Å². The van der Waals surface area contributed by atoms with Gasteiger partial charge in [0.15, 0.2) is 12.5 Å². The molecule has 11 nitrogen and oxygen atoms in total. The highest BCUT2D eigenvalue weighted by Gasteiger charge is 2.13. The molecule has 0 saturated carbocycles. The Labute approximate surface area is 201 Å². The van der Waals surface area contributed by atoms with Gasteiger partial charge in [0.05, 0.1) is 23.5 Å². The number of phosphoric ester groups is 1. The zero-order valence-corrected chi connectivity index (χ0v) is 19.5. The number of pyridine rings is 1. The molecule has 0 aliphatic carbocycles. The Morgan fingerprint density at radius 1 is 1.23 bits per heavy atom. The number of hydrogen-bond donors (Lipinski definition) is 4. The van der Waals surface area contributed by atoms with E-state index in [1.54, 1.807) is 48.8 Å². The van der Waals surface area contributed by atoms with Crippen LogP contribution < -0.4 is 15.8 Å². The van der Waals surface area contributed by atoms with Crippen molar-refractivity contribution < 1.29 is 33.5 Å². The van der Waals surface area contributed by atoms with Crippen LogP contribution in [0.3, 0.4) is 0 Å². The minimum absolute atomic E-state index is 0.213. The van der Waals surface area contributed by atoms with Gasteiger partial charge in [-0.2, -0.15) is 5.26 Å². The first-order valence-corrected chi connectivity index (χ1v) is 12.0. The van der Waals surface area contributed by atoms with Crippen molar-refractivity contribution in [2.45, 2.75) is 13.0 Å². The molecule has 6 N–H and O–H groups in total. The van der Waals surface area contributed by atoms with E-state index >= 15 is 0 Å². The molecule has 0 spiro atoms. The minimum Gasteiger partial charge on any atom is -0.473 e. The lowest BCUT2D eigenvalue weighted by Gasteiger charge is -2.06. The van der Waals surface area contributed by atoms with Crippen molar-refractivity contribution in [3.8, 4) is 11.9 Å². The standard InChI is InChI=1S/C23H24N5O6P/c24-12-17-3-5-18(6-4-17)15-32-23-8-7-19(14-27-23)10-21-11-22(34-28-21)20(13-25)2-1-9-26-16-33-35(29,30)31/h1-9,11,14,26H,10,13,15-16,25H2,(H2,29,30,31)/p+1/b9-1-,20-2+. The Hall–Kier alpha value is -3.62. The van der Waals surface area contributed by atoms with Crippen LogP contribution >= 0.6 is 7.82 Å². The van der Waals surface area contributed by atoms with Gasteiger partial charge in [-0.3, -0.25) is 5.32 Å². The summed E-state index contributed by atoms with van der Waals surface area (Å²) in [6.07, 6.45) is 7.18. The third-order valence-electron chi connectivity index (χ3n) is 4.63. The predicted octanol–water partition coefficient (Wildman–Crippen LogP) is 1.60. The van der Waals surface area contributed by atoms with Crippen LogP contribution in [0.2, 0.25) is 0 Å². The van der Waals surface area contributed by atoms with Gasteiger partial charge in [-0.15, -0.1) is 0 Å². The van der Waals surface area contributed by atoms with Crippen LogP contribution in [0.4, 0.5) is 0 Å². The SMILES string of the molecule is N#Cc1ccc(COc2ccc(Cc3cc(/C(=C/C=C\[NH2+]COP(=O)(O)O)CN)on3)cn2)cc1. The number of aromatic nitrogens is 2. The van der Waals surface area contributed by atoms with E-state index in [-0.39, 0.29) is 13.3 Å². The number of ether oxygens (including phenoxy) is 1. The molecule has 3 aromatic rings. The quantitative estimate of drug-likeness (QED) is 0.124. The average molecular weight is 498 g/mol. The van der Waals surface area contributed by atoms with E-state index in [1.165, 1.54) is 5.32 Å². The van der Waals surface area contributed by atoms with Crippen molar-refractivity contribution in [3.63, 3.8) is 0 Å². The maximum Gasteiger partial charge on any atom is 0.474 e. The van der Waals surface area contributed by atoms with E-state index in [0.717, 1.165) is 11.1 Å². The maximum absolute atomic E-state index is 10.6. The Kier molecular flexibility index (Phi) is 9.46. The van der Waals surface area contributed by atoms with E-state index in [2.05, 4.69) is 20.7 Å². The summed E-state index contributed by atoms with van der Waals surface area (Å²) >= 11 is 0. The Morgan fingerprint density at radius 3 is 2.66 bits per heavy atom. The zero-order valence-electron chi connectivity index (χ0n) is 18.7. The summed E-state index contributed by atoms with van der Waals surface area (Å²) in [5.74, 6) is 1.01. The number of benzene rings is 1. The minimum atomic E-state index is -4.48. The van der Waals surface area contributed by atoms with Crippen molar-refractivity contribution in [2.75, 3.05) is 13.3 Å². The predicted molar refractivity (Wildman–Crippen MR) is 125 cm³/mol. The van der Waals surface area contributed by atoms with Crippen molar-refractivity contribution in [2.24, 2.45) is 5.73 Å². The average Bonchev–Trinajstić information content (AvgIpc) is 3.31. The van der Waals surface area contributed by atoms with Crippen molar-refractivity contribution in [1.82, 2.24) is 10.1 Å². The van der Waals surface area contributed by atoms with Gasteiger partial charge in [-0.1, -0.05) is 23.4 Å². The second-order valence-electron chi connectivity index (χ2n) is 7.26. The smallest absolute Gasteiger partial charge is 0.473 e. The first kappa shape index (κ1) is 26.0. The zero-order chi connectivity index (χ0) is 25.1. The third kappa shape index (κ3) is 8.92. The molecular weight excluding hydrogens is 473 g/mol. The summed E-state index contributed by atoms with van der Waals surface area (Å²) in [6.45, 7) is 0.346. The first-order valence-electron chi connectivity index (χ1n) is 10.5. The summed E-state index contributed by atoms with van der Waals surface area (Å²) in [4.78, 5) is 21.6. The number of allylic oxidation sites excluding steroid dienone is 2. The molecule has 0 amide bonds. The molecule has 3 rings (SSSR count).